The lowest BCUT2D eigenvalue weighted by Gasteiger charge is -2.06. The largest absolute Gasteiger partial charge is 0.487 e. The summed E-state index contributed by atoms with van der Waals surface area (Å²) in [4.78, 5) is 4.27. The van der Waals surface area contributed by atoms with E-state index in [1.165, 1.54) is 0 Å². The van der Waals surface area contributed by atoms with Gasteiger partial charge in [-0.2, -0.15) is 0 Å². The Kier molecular flexibility index (Phi) is 16.4. The van der Waals surface area contributed by atoms with E-state index in [1.807, 2.05) is 91.1 Å². The number of nitrogens with two attached hydrogens (primary N) is 1. The first-order valence-electron chi connectivity index (χ1n) is 8.39. The van der Waals surface area contributed by atoms with Crippen molar-refractivity contribution in [2.45, 2.75) is 55.1 Å². The molecule has 2 rings (SSSR count). The van der Waals surface area contributed by atoms with Gasteiger partial charge >= 0.3 is 0 Å². The van der Waals surface area contributed by atoms with Gasteiger partial charge in [0, 0.05) is 11.9 Å². The molecule has 0 saturated heterocycles. The third-order valence-corrected chi connectivity index (χ3v) is 2.38. The van der Waals surface area contributed by atoms with Crippen molar-refractivity contribution in [3.8, 4) is 5.75 Å². The second kappa shape index (κ2) is 16.3. The lowest BCUT2D eigenvalue weighted by Crippen LogP contribution is -2.06. The number of aromatic nitrogens is 1. The summed E-state index contributed by atoms with van der Waals surface area (Å²) in [5, 5.41) is 0. The molecule has 0 spiro atoms. The van der Waals surface area contributed by atoms with Crippen LogP contribution in [0.25, 0.3) is 0 Å². The summed E-state index contributed by atoms with van der Waals surface area (Å²) in [5.41, 5.74) is 5.48. The molecule has 0 amide bonds. The predicted octanol–water partition coefficient (Wildman–Crippen LogP) is 5.33. The maximum absolute atomic E-state index is 5.60. The van der Waals surface area contributed by atoms with Crippen LogP contribution in [0, 0.1) is 6.92 Å². The highest BCUT2D eigenvalue weighted by Gasteiger charge is 1.97. The number of hydrogen-bond donors (Lipinski definition) is 2. The van der Waals surface area contributed by atoms with E-state index in [0.29, 0.717) is 6.61 Å². The average Bonchev–Trinajstić information content (AvgIpc) is 2.66. The van der Waals surface area contributed by atoms with Crippen molar-refractivity contribution in [2.75, 3.05) is 5.43 Å². The van der Waals surface area contributed by atoms with E-state index in [4.69, 9.17) is 10.6 Å². The lowest BCUT2D eigenvalue weighted by molar-refractivity contribution is 0.301. The Labute approximate surface area is 142 Å². The van der Waals surface area contributed by atoms with Crippen LogP contribution >= 0.6 is 0 Å². The molecule has 1 aromatic heterocycles. The summed E-state index contributed by atoms with van der Waals surface area (Å²) >= 11 is 0. The minimum Gasteiger partial charge on any atom is -0.487 e. The first kappa shape index (κ1) is 23.2. The third kappa shape index (κ3) is 10.3. The highest BCUT2D eigenvalue weighted by molar-refractivity contribution is 5.45. The van der Waals surface area contributed by atoms with E-state index in [2.05, 4.69) is 10.4 Å². The number of pyridine rings is 1. The van der Waals surface area contributed by atoms with Gasteiger partial charge in [0.15, 0.2) is 0 Å². The van der Waals surface area contributed by atoms with Crippen LogP contribution in [0.1, 0.15) is 52.8 Å². The molecule has 0 aliphatic heterocycles. The maximum Gasteiger partial charge on any atom is 0.130 e. The second-order valence-electron chi connectivity index (χ2n) is 3.78. The number of nitrogens with zero attached hydrogens (tertiary/aromatic N) is 1. The van der Waals surface area contributed by atoms with Crippen molar-refractivity contribution >= 4 is 5.69 Å². The van der Waals surface area contributed by atoms with Crippen molar-refractivity contribution in [3.05, 3.63) is 53.9 Å². The quantitative estimate of drug-likeness (QED) is 0.590. The molecular weight excluding hydrogens is 286 g/mol. The van der Waals surface area contributed by atoms with Crippen molar-refractivity contribution < 1.29 is 4.74 Å². The molecule has 0 radical (unpaired) electrons. The van der Waals surface area contributed by atoms with E-state index < -0.39 is 0 Å². The molecule has 3 N–H and O–H groups in total. The van der Waals surface area contributed by atoms with E-state index in [0.717, 1.165) is 22.7 Å². The summed E-state index contributed by atoms with van der Waals surface area (Å²) in [6.45, 7) is 14.5. The Morgan fingerprint density at radius 3 is 1.91 bits per heavy atom. The fraction of sp³-hybridized carbons (Fsp3) is 0.421. The van der Waals surface area contributed by atoms with Gasteiger partial charge in [-0.15, -0.1) is 0 Å². The number of rotatable bonds is 4. The molecule has 2 aromatic rings. The number of benzene rings is 1. The van der Waals surface area contributed by atoms with Crippen molar-refractivity contribution in [1.29, 1.82) is 0 Å². The normalized spacial score (nSPS) is 8.17. The minimum absolute atomic E-state index is 0.468. The van der Waals surface area contributed by atoms with E-state index in [-0.39, 0.29) is 0 Å². The minimum atomic E-state index is 0.468. The molecule has 130 valence electrons. The molecule has 23 heavy (non-hydrogen) atoms. The summed E-state index contributed by atoms with van der Waals surface area (Å²) < 4.78 is 5.60. The van der Waals surface area contributed by atoms with Crippen LogP contribution in [0.3, 0.4) is 0 Å². The Hall–Kier alpha value is -2.07. The van der Waals surface area contributed by atoms with Gasteiger partial charge < -0.3 is 10.2 Å². The Morgan fingerprint density at radius 2 is 1.48 bits per heavy atom. The van der Waals surface area contributed by atoms with E-state index in [9.17, 15) is 0 Å². The summed E-state index contributed by atoms with van der Waals surface area (Å²) in [6, 6.07) is 11.4. The second-order valence-corrected chi connectivity index (χ2v) is 3.78. The molecule has 0 atom stereocenters. The number of ether oxygens (including phenoxy) is 1. The van der Waals surface area contributed by atoms with E-state index >= 15 is 0 Å². The molecule has 0 bridgehead atoms. The van der Waals surface area contributed by atoms with Crippen molar-refractivity contribution in [2.24, 2.45) is 5.84 Å². The lowest BCUT2D eigenvalue weighted by atomic mass is 10.3. The fourth-order valence-electron chi connectivity index (χ4n) is 1.39. The summed E-state index contributed by atoms with van der Waals surface area (Å²) in [5.74, 6) is 6.08. The predicted molar refractivity (Wildman–Crippen MR) is 102 cm³/mol. The Morgan fingerprint density at radius 1 is 0.913 bits per heavy atom. The third-order valence-electron chi connectivity index (χ3n) is 2.38. The van der Waals surface area contributed by atoms with Crippen molar-refractivity contribution in [1.82, 2.24) is 4.98 Å². The SMILES string of the molecule is CC.CC.CC.Cc1ccc(COc2ccc(NN)cc2)nc1. The van der Waals surface area contributed by atoms with Gasteiger partial charge in [-0.1, -0.05) is 47.6 Å². The van der Waals surface area contributed by atoms with Gasteiger partial charge in [0.2, 0.25) is 0 Å². The van der Waals surface area contributed by atoms with Gasteiger partial charge in [-0.3, -0.25) is 10.8 Å². The molecule has 0 aliphatic rings. The topological polar surface area (TPSA) is 60.2 Å². The first-order valence-corrected chi connectivity index (χ1v) is 8.39. The number of anilines is 1. The molecule has 1 heterocycles. The summed E-state index contributed by atoms with van der Waals surface area (Å²) in [7, 11) is 0. The monoisotopic (exact) mass is 319 g/mol. The molecule has 0 saturated carbocycles. The van der Waals surface area contributed by atoms with Crippen molar-refractivity contribution in [3.63, 3.8) is 0 Å². The smallest absolute Gasteiger partial charge is 0.130 e. The zero-order valence-corrected chi connectivity index (χ0v) is 15.7. The van der Waals surface area contributed by atoms with Crippen LogP contribution in [0.5, 0.6) is 5.75 Å². The Bertz CT molecular complexity index is 467. The number of hydrazine groups is 1. The maximum atomic E-state index is 5.60. The fourth-order valence-corrected chi connectivity index (χ4v) is 1.39. The average molecular weight is 319 g/mol. The Balaban J connectivity index is 0. The highest BCUT2D eigenvalue weighted by atomic mass is 16.5. The molecule has 4 heteroatoms. The molecule has 0 unspecified atom stereocenters. The van der Waals surface area contributed by atoms with Crippen LogP contribution < -0.4 is 16.0 Å². The van der Waals surface area contributed by atoms with E-state index in [1.54, 1.807) is 0 Å². The number of aryl methyl sites for hydroxylation is 1. The number of hydrogen-bond acceptors (Lipinski definition) is 4. The molecule has 4 nitrogen and oxygen atoms in total. The summed E-state index contributed by atoms with van der Waals surface area (Å²) in [6.07, 6.45) is 1.83. The zero-order valence-electron chi connectivity index (χ0n) is 15.7. The van der Waals surface area contributed by atoms with Crippen LogP contribution in [-0.2, 0) is 6.61 Å². The molecule has 0 aliphatic carbocycles. The van der Waals surface area contributed by atoms with Gasteiger partial charge in [-0.05, 0) is 42.8 Å². The molecule has 1 aromatic carbocycles. The number of nitrogens with one attached hydrogen (secondary N) is 1. The van der Waals surface area contributed by atoms with Crippen LogP contribution in [0.2, 0.25) is 0 Å². The zero-order chi connectivity index (χ0) is 18.1. The van der Waals surface area contributed by atoms with Gasteiger partial charge in [-0.25, -0.2) is 0 Å². The highest BCUT2D eigenvalue weighted by Crippen LogP contribution is 2.15. The number of nitrogen functional groups attached to an aromatic ring is 1. The van der Waals surface area contributed by atoms with Gasteiger partial charge in [0.05, 0.1) is 5.69 Å². The first-order chi connectivity index (χ1) is 11.3. The van der Waals surface area contributed by atoms with Gasteiger partial charge in [0.25, 0.3) is 0 Å². The molecular formula is C19H33N3O. The van der Waals surface area contributed by atoms with Crippen LogP contribution in [-0.4, -0.2) is 4.98 Å². The van der Waals surface area contributed by atoms with Gasteiger partial charge in [0.1, 0.15) is 12.4 Å². The van der Waals surface area contributed by atoms with Crippen LogP contribution in [0.4, 0.5) is 5.69 Å². The van der Waals surface area contributed by atoms with Crippen LogP contribution in [0.15, 0.2) is 42.6 Å². The standard InChI is InChI=1S/C13H15N3O.3C2H6/c1-10-2-3-12(15-8-10)9-17-13-6-4-11(16-14)5-7-13;3*1-2/h2-8,16H,9,14H2,1H3;3*1-2H3. The molecule has 0 fully saturated rings.